The van der Waals surface area contributed by atoms with E-state index in [1.165, 1.54) is 0 Å². The van der Waals surface area contributed by atoms with Gasteiger partial charge in [-0.3, -0.25) is 9.59 Å². The lowest BCUT2D eigenvalue weighted by Gasteiger charge is -2.15. The van der Waals surface area contributed by atoms with Crippen LogP contribution in [-0.4, -0.2) is 18.2 Å². The van der Waals surface area contributed by atoms with Crippen LogP contribution in [-0.2, 0) is 9.59 Å². The summed E-state index contributed by atoms with van der Waals surface area (Å²) in [5.74, 6) is 0.212. The van der Waals surface area contributed by atoms with E-state index in [0.29, 0.717) is 0 Å². The molecule has 3 heteroatoms. The molecule has 0 aromatic carbocycles. The first-order chi connectivity index (χ1) is 7.52. The number of amides is 1. The summed E-state index contributed by atoms with van der Waals surface area (Å²) in [6.45, 7) is 8.04. The predicted molar refractivity (Wildman–Crippen MR) is 66.2 cm³/mol. The molecule has 0 saturated carbocycles. The van der Waals surface area contributed by atoms with Crippen LogP contribution in [0, 0.1) is 11.8 Å². The van der Waals surface area contributed by atoms with Gasteiger partial charge in [-0.2, -0.15) is 0 Å². The molecular weight excluding hydrogens is 202 g/mol. The minimum atomic E-state index is -0.00361. The molecule has 0 aromatic rings. The van der Waals surface area contributed by atoms with Gasteiger partial charge in [0.1, 0.15) is 0 Å². The maximum atomic E-state index is 11.8. The van der Waals surface area contributed by atoms with Gasteiger partial charge in [0.05, 0.1) is 6.54 Å². The quantitative estimate of drug-likeness (QED) is 0.692. The average Bonchev–Trinajstić information content (AvgIpc) is 2.24. The van der Waals surface area contributed by atoms with Crippen molar-refractivity contribution in [3.8, 4) is 0 Å². The van der Waals surface area contributed by atoms with Gasteiger partial charge in [0.2, 0.25) is 5.91 Å². The Labute approximate surface area is 99.0 Å². The van der Waals surface area contributed by atoms with Gasteiger partial charge in [0.25, 0.3) is 0 Å². The molecule has 1 N–H and O–H groups in total. The Kier molecular flexibility index (Phi) is 7.86. The second-order valence-corrected chi connectivity index (χ2v) is 4.61. The molecule has 0 unspecified atom stereocenters. The lowest BCUT2D eigenvalue weighted by Crippen LogP contribution is -2.36. The molecule has 1 amide bonds. The lowest BCUT2D eigenvalue weighted by atomic mass is 9.97. The van der Waals surface area contributed by atoms with Crippen LogP contribution in [0.3, 0.4) is 0 Å². The van der Waals surface area contributed by atoms with E-state index < -0.39 is 0 Å². The van der Waals surface area contributed by atoms with Crippen LogP contribution >= 0.6 is 0 Å². The zero-order valence-corrected chi connectivity index (χ0v) is 11.0. The van der Waals surface area contributed by atoms with Gasteiger partial charge in [-0.1, -0.05) is 40.5 Å². The van der Waals surface area contributed by atoms with Crippen LogP contribution in [0.4, 0.5) is 0 Å². The molecule has 0 heterocycles. The van der Waals surface area contributed by atoms with E-state index in [-0.39, 0.29) is 30.1 Å². The number of nitrogens with one attached hydrogen (secondary N) is 1. The van der Waals surface area contributed by atoms with Gasteiger partial charge < -0.3 is 5.32 Å². The van der Waals surface area contributed by atoms with E-state index >= 15 is 0 Å². The van der Waals surface area contributed by atoms with Gasteiger partial charge in [0.15, 0.2) is 5.78 Å². The van der Waals surface area contributed by atoms with E-state index in [9.17, 15) is 9.59 Å². The summed E-state index contributed by atoms with van der Waals surface area (Å²) in [7, 11) is 0. The van der Waals surface area contributed by atoms with E-state index in [2.05, 4.69) is 19.2 Å². The summed E-state index contributed by atoms with van der Waals surface area (Å²) in [4.78, 5) is 23.2. The molecule has 16 heavy (non-hydrogen) atoms. The van der Waals surface area contributed by atoms with E-state index in [0.717, 1.165) is 25.7 Å². The maximum Gasteiger partial charge on any atom is 0.223 e. The first kappa shape index (κ1) is 15.1. The molecule has 0 aliphatic rings. The Morgan fingerprint density at radius 2 is 1.56 bits per heavy atom. The highest BCUT2D eigenvalue weighted by molar-refractivity contribution is 5.87. The van der Waals surface area contributed by atoms with Gasteiger partial charge in [-0.05, 0) is 12.8 Å². The molecular formula is C13H25NO2. The third-order valence-electron chi connectivity index (χ3n) is 2.73. The van der Waals surface area contributed by atoms with Crippen molar-refractivity contribution in [2.75, 3.05) is 6.54 Å². The number of carbonyl (C=O) groups is 2. The van der Waals surface area contributed by atoms with Crippen molar-refractivity contribution in [3.05, 3.63) is 0 Å². The zero-order chi connectivity index (χ0) is 12.6. The van der Waals surface area contributed by atoms with E-state index in [1.807, 2.05) is 13.8 Å². The van der Waals surface area contributed by atoms with Crippen molar-refractivity contribution in [1.29, 1.82) is 0 Å². The van der Waals surface area contributed by atoms with Crippen molar-refractivity contribution in [2.45, 2.75) is 53.4 Å². The Bertz CT molecular complexity index is 218. The molecule has 0 bridgehead atoms. The van der Waals surface area contributed by atoms with Gasteiger partial charge in [-0.25, -0.2) is 0 Å². The number of rotatable bonds is 8. The Balaban J connectivity index is 4.04. The van der Waals surface area contributed by atoms with Crippen LogP contribution in [0.15, 0.2) is 0 Å². The van der Waals surface area contributed by atoms with Gasteiger partial charge in [-0.15, -0.1) is 0 Å². The molecule has 3 nitrogen and oxygen atoms in total. The monoisotopic (exact) mass is 227 g/mol. The molecule has 0 aliphatic carbocycles. The van der Waals surface area contributed by atoms with Crippen LogP contribution in [0.5, 0.6) is 0 Å². The van der Waals surface area contributed by atoms with Crippen LogP contribution in [0.1, 0.15) is 53.4 Å². The zero-order valence-electron chi connectivity index (χ0n) is 11.0. The Hall–Kier alpha value is -0.860. The van der Waals surface area contributed by atoms with Crippen molar-refractivity contribution >= 4 is 11.7 Å². The second kappa shape index (κ2) is 8.31. The van der Waals surface area contributed by atoms with E-state index in [1.54, 1.807) is 0 Å². The topological polar surface area (TPSA) is 46.2 Å². The lowest BCUT2D eigenvalue weighted by molar-refractivity contribution is -0.129. The number of carbonyl (C=O) groups excluding carboxylic acids is 2. The first-order valence-electron chi connectivity index (χ1n) is 6.33. The van der Waals surface area contributed by atoms with Crippen molar-refractivity contribution in [1.82, 2.24) is 5.32 Å². The molecule has 0 aromatic heterocycles. The summed E-state index contributed by atoms with van der Waals surface area (Å²) >= 11 is 0. The van der Waals surface area contributed by atoms with Crippen LogP contribution in [0.2, 0.25) is 0 Å². The standard InChI is InChI=1S/C13H25NO2/c1-5-7-11(8-6-2)13(16)14-9-12(15)10(3)4/h10-11H,5-9H2,1-4H3,(H,14,16). The highest BCUT2D eigenvalue weighted by atomic mass is 16.2. The van der Waals surface area contributed by atoms with Crippen molar-refractivity contribution in [2.24, 2.45) is 11.8 Å². The fraction of sp³-hybridized carbons (Fsp3) is 0.846. The third-order valence-corrected chi connectivity index (χ3v) is 2.73. The summed E-state index contributed by atoms with van der Waals surface area (Å²) in [5.41, 5.74) is 0. The normalized spacial score (nSPS) is 10.9. The summed E-state index contributed by atoms with van der Waals surface area (Å²) in [6.07, 6.45) is 3.84. The molecule has 0 aliphatic heterocycles. The summed E-state index contributed by atoms with van der Waals surface area (Å²) in [6, 6.07) is 0. The predicted octanol–water partition coefficient (Wildman–Crippen LogP) is 2.54. The van der Waals surface area contributed by atoms with Crippen LogP contribution < -0.4 is 5.32 Å². The minimum absolute atomic E-state index is 0.00361. The average molecular weight is 227 g/mol. The third kappa shape index (κ3) is 5.89. The Morgan fingerprint density at radius 1 is 1.06 bits per heavy atom. The smallest absolute Gasteiger partial charge is 0.223 e. The van der Waals surface area contributed by atoms with Gasteiger partial charge >= 0.3 is 0 Å². The highest BCUT2D eigenvalue weighted by Gasteiger charge is 2.17. The maximum absolute atomic E-state index is 11.8. The van der Waals surface area contributed by atoms with Crippen LogP contribution in [0.25, 0.3) is 0 Å². The number of Topliss-reactive ketones (excluding diaryl/α,β-unsaturated/α-hetero) is 1. The molecule has 0 rings (SSSR count). The highest BCUT2D eigenvalue weighted by Crippen LogP contribution is 2.13. The molecule has 0 fully saturated rings. The fourth-order valence-corrected chi connectivity index (χ4v) is 1.63. The second-order valence-electron chi connectivity index (χ2n) is 4.61. The number of hydrogen-bond acceptors (Lipinski definition) is 2. The molecule has 0 spiro atoms. The summed E-state index contributed by atoms with van der Waals surface area (Å²) in [5, 5.41) is 2.74. The SMILES string of the molecule is CCCC(CCC)C(=O)NCC(=O)C(C)C. The number of hydrogen-bond donors (Lipinski definition) is 1. The molecule has 94 valence electrons. The van der Waals surface area contributed by atoms with Gasteiger partial charge in [0, 0.05) is 11.8 Å². The molecule has 0 atom stereocenters. The minimum Gasteiger partial charge on any atom is -0.349 e. The van der Waals surface area contributed by atoms with Crippen molar-refractivity contribution < 1.29 is 9.59 Å². The number of ketones is 1. The van der Waals surface area contributed by atoms with E-state index in [4.69, 9.17) is 0 Å². The first-order valence-corrected chi connectivity index (χ1v) is 6.33. The molecule has 0 saturated heterocycles. The molecule has 0 radical (unpaired) electrons. The van der Waals surface area contributed by atoms with Crippen molar-refractivity contribution in [3.63, 3.8) is 0 Å². The largest absolute Gasteiger partial charge is 0.349 e. The Morgan fingerprint density at radius 3 is 1.94 bits per heavy atom. The summed E-state index contributed by atoms with van der Waals surface area (Å²) < 4.78 is 0. The fourth-order valence-electron chi connectivity index (χ4n) is 1.63.